The first-order chi connectivity index (χ1) is 12.3. The maximum absolute atomic E-state index is 12.6. The number of halogens is 1. The molecule has 4 fully saturated rings. The van der Waals surface area contributed by atoms with Gasteiger partial charge in [0.2, 0.25) is 0 Å². The minimum Gasteiger partial charge on any atom is -0.390 e. The van der Waals surface area contributed by atoms with Gasteiger partial charge in [0.15, 0.2) is 0 Å². The van der Waals surface area contributed by atoms with Crippen LogP contribution in [0.15, 0.2) is 0 Å². The molecule has 4 aliphatic carbocycles. The average molecular weight is 427 g/mol. The number of ketones is 1. The van der Waals surface area contributed by atoms with Crippen molar-refractivity contribution in [1.29, 1.82) is 0 Å². The second-order valence-corrected chi connectivity index (χ2v) is 10.8. The van der Waals surface area contributed by atoms with Gasteiger partial charge in [-0.3, -0.25) is 4.79 Å². The molecule has 0 amide bonds. The van der Waals surface area contributed by atoms with Crippen LogP contribution >= 0.6 is 15.9 Å². The zero-order valence-electron chi connectivity index (χ0n) is 16.5. The molecule has 0 aromatic heterocycles. The summed E-state index contributed by atoms with van der Waals surface area (Å²) in [5.41, 5.74) is -0.327. The van der Waals surface area contributed by atoms with Crippen molar-refractivity contribution >= 4 is 21.7 Å². The molecule has 3 nitrogen and oxygen atoms in total. The molecule has 0 spiro atoms. The van der Waals surface area contributed by atoms with Gasteiger partial charge in [0.25, 0.3) is 0 Å². The first-order valence-corrected chi connectivity index (χ1v) is 11.8. The molecular weight excluding hydrogens is 392 g/mol. The summed E-state index contributed by atoms with van der Waals surface area (Å²) < 4.78 is 5.99. The molecule has 4 heteroatoms. The van der Waals surface area contributed by atoms with Gasteiger partial charge < -0.3 is 9.84 Å². The van der Waals surface area contributed by atoms with Crippen molar-refractivity contribution in [2.45, 2.75) is 76.9 Å². The van der Waals surface area contributed by atoms with Crippen LogP contribution in [-0.2, 0) is 9.53 Å². The van der Waals surface area contributed by atoms with Gasteiger partial charge >= 0.3 is 0 Å². The van der Waals surface area contributed by atoms with E-state index in [4.69, 9.17) is 4.74 Å². The summed E-state index contributed by atoms with van der Waals surface area (Å²) in [6, 6.07) is 0. The predicted molar refractivity (Wildman–Crippen MR) is 106 cm³/mol. The topological polar surface area (TPSA) is 46.5 Å². The number of fused-ring (bicyclic) bond motifs is 5. The lowest BCUT2D eigenvalue weighted by Crippen LogP contribution is -2.55. The normalized spacial score (nSPS) is 53.5. The molecule has 0 bridgehead atoms. The van der Waals surface area contributed by atoms with Crippen LogP contribution in [0.1, 0.15) is 65.2 Å². The number of carbonyl (C=O) groups excluding carboxylic acids is 1. The van der Waals surface area contributed by atoms with Gasteiger partial charge in [-0.25, -0.2) is 0 Å². The molecule has 0 saturated heterocycles. The molecule has 4 aliphatic rings. The number of alkyl halides is 1. The van der Waals surface area contributed by atoms with Crippen LogP contribution in [0.5, 0.6) is 0 Å². The number of Topliss-reactive ketones (excluding diaryl/α,β-unsaturated/α-hetero) is 1. The van der Waals surface area contributed by atoms with Gasteiger partial charge in [-0.05, 0) is 93.3 Å². The summed E-state index contributed by atoms with van der Waals surface area (Å²) in [4.78, 5) is 12.6. The lowest BCUT2D eigenvalue weighted by Gasteiger charge is -2.58. The number of hydrogen-bond donors (Lipinski definition) is 1. The Labute approximate surface area is 166 Å². The quantitative estimate of drug-likeness (QED) is 0.670. The van der Waals surface area contributed by atoms with Crippen LogP contribution in [-0.4, -0.2) is 35.0 Å². The van der Waals surface area contributed by atoms with Crippen molar-refractivity contribution in [3.63, 3.8) is 0 Å². The molecular formula is C22H35BrO3. The van der Waals surface area contributed by atoms with Crippen molar-refractivity contribution < 1.29 is 14.6 Å². The fourth-order valence-corrected chi connectivity index (χ4v) is 8.31. The van der Waals surface area contributed by atoms with E-state index >= 15 is 0 Å². The van der Waals surface area contributed by atoms with Crippen LogP contribution in [0.25, 0.3) is 0 Å². The Bertz CT molecular complexity index is 562. The van der Waals surface area contributed by atoms with Crippen LogP contribution in [0.3, 0.4) is 0 Å². The van der Waals surface area contributed by atoms with E-state index < -0.39 is 5.60 Å². The Kier molecular flexibility index (Phi) is 5.10. The van der Waals surface area contributed by atoms with E-state index in [0.717, 1.165) is 38.0 Å². The Morgan fingerprint density at radius 1 is 1.08 bits per heavy atom. The molecule has 148 valence electrons. The smallest absolute Gasteiger partial charge is 0.147 e. The number of carbonyl (C=O) groups is 1. The third-order valence-electron chi connectivity index (χ3n) is 9.09. The summed E-state index contributed by atoms with van der Waals surface area (Å²) in [5, 5.41) is 11.1. The maximum atomic E-state index is 12.6. The highest BCUT2D eigenvalue weighted by Crippen LogP contribution is 2.65. The zero-order valence-corrected chi connectivity index (χ0v) is 18.1. The van der Waals surface area contributed by atoms with E-state index in [1.807, 2.05) is 14.0 Å². The fourth-order valence-electron chi connectivity index (χ4n) is 7.92. The molecule has 0 aromatic carbocycles. The number of aliphatic hydroxyl groups is 1. The Morgan fingerprint density at radius 2 is 1.77 bits per heavy atom. The first kappa shape index (κ1) is 19.4. The van der Waals surface area contributed by atoms with Crippen molar-refractivity contribution in [1.82, 2.24) is 0 Å². The van der Waals surface area contributed by atoms with Crippen molar-refractivity contribution in [2.24, 2.45) is 40.9 Å². The van der Waals surface area contributed by atoms with Crippen LogP contribution < -0.4 is 0 Å². The third kappa shape index (κ3) is 2.93. The first-order valence-electron chi connectivity index (χ1n) is 10.6. The lowest BCUT2D eigenvalue weighted by molar-refractivity contribution is -0.154. The Balaban J connectivity index is 1.60. The highest BCUT2D eigenvalue weighted by molar-refractivity contribution is 9.09. The molecule has 9 atom stereocenters. The maximum Gasteiger partial charge on any atom is 0.147 e. The van der Waals surface area contributed by atoms with Gasteiger partial charge in [-0.2, -0.15) is 0 Å². The fraction of sp³-hybridized carbons (Fsp3) is 0.955. The van der Waals surface area contributed by atoms with E-state index in [0.29, 0.717) is 34.8 Å². The summed E-state index contributed by atoms with van der Waals surface area (Å²) in [6.07, 6.45) is 9.15. The van der Waals surface area contributed by atoms with E-state index in [9.17, 15) is 9.90 Å². The second-order valence-electron chi connectivity index (χ2n) is 10.3. The highest BCUT2D eigenvalue weighted by atomic mass is 79.9. The molecule has 4 rings (SSSR count). The molecule has 0 aliphatic heterocycles. The number of rotatable bonds is 3. The molecule has 4 saturated carbocycles. The van der Waals surface area contributed by atoms with E-state index in [-0.39, 0.29) is 17.4 Å². The van der Waals surface area contributed by atoms with Gasteiger partial charge in [-0.15, -0.1) is 0 Å². The van der Waals surface area contributed by atoms with Crippen molar-refractivity contribution in [3.05, 3.63) is 0 Å². The zero-order chi connectivity index (χ0) is 18.7. The standard InChI is InChI=1S/C22H35BrO3/c1-21(25)8-6-14-13-7-9-22(2)17(4-5-18(22)19(24)12-23)15(13)10-20(26-3)16(14)11-21/h13-18,20,25H,4-12H2,1-3H3/t13-,14?,15-,16+,17+,18-,20-,21-,22+/m1/s1. The summed E-state index contributed by atoms with van der Waals surface area (Å²) in [6.45, 7) is 4.42. The summed E-state index contributed by atoms with van der Waals surface area (Å²) in [7, 11) is 1.86. The van der Waals surface area contributed by atoms with E-state index in [2.05, 4.69) is 22.9 Å². The molecule has 26 heavy (non-hydrogen) atoms. The predicted octanol–water partition coefficient (Wildman–Crippen LogP) is 4.60. The number of methoxy groups -OCH3 is 1. The minimum absolute atomic E-state index is 0.192. The molecule has 1 unspecified atom stereocenters. The summed E-state index contributed by atoms with van der Waals surface area (Å²) >= 11 is 3.42. The van der Waals surface area contributed by atoms with Crippen molar-refractivity contribution in [2.75, 3.05) is 12.4 Å². The number of hydrogen-bond acceptors (Lipinski definition) is 3. The van der Waals surface area contributed by atoms with E-state index in [1.165, 1.54) is 19.3 Å². The van der Waals surface area contributed by atoms with Crippen molar-refractivity contribution in [3.8, 4) is 0 Å². The molecule has 0 aromatic rings. The van der Waals surface area contributed by atoms with E-state index in [1.54, 1.807) is 0 Å². The molecule has 1 N–H and O–H groups in total. The molecule has 0 heterocycles. The largest absolute Gasteiger partial charge is 0.390 e. The molecule has 0 radical (unpaired) electrons. The summed E-state index contributed by atoms with van der Waals surface area (Å²) in [5.74, 6) is 4.03. The highest BCUT2D eigenvalue weighted by Gasteiger charge is 2.60. The van der Waals surface area contributed by atoms with Gasteiger partial charge in [-0.1, -0.05) is 22.9 Å². The second kappa shape index (κ2) is 6.84. The van der Waals surface area contributed by atoms with Crippen LogP contribution in [0, 0.1) is 40.9 Å². The monoisotopic (exact) mass is 426 g/mol. The average Bonchev–Trinajstić information content (AvgIpc) is 2.96. The van der Waals surface area contributed by atoms with Gasteiger partial charge in [0, 0.05) is 13.0 Å². The van der Waals surface area contributed by atoms with Gasteiger partial charge in [0.1, 0.15) is 5.78 Å². The minimum atomic E-state index is -0.519. The van der Waals surface area contributed by atoms with Crippen LogP contribution in [0.2, 0.25) is 0 Å². The van der Waals surface area contributed by atoms with Crippen LogP contribution in [0.4, 0.5) is 0 Å². The third-order valence-corrected chi connectivity index (χ3v) is 9.64. The number of ether oxygens (including phenoxy) is 1. The Morgan fingerprint density at radius 3 is 2.46 bits per heavy atom. The lowest BCUT2D eigenvalue weighted by atomic mass is 9.48. The van der Waals surface area contributed by atoms with Gasteiger partial charge in [0.05, 0.1) is 17.0 Å². The SMILES string of the molecule is CO[C@@H]1C[C@@H]2[C@H](CC[C@]3(C)[C@@H](C(=O)CBr)CC[C@@H]23)C2CC[C@@](C)(O)C[C@@H]21. The Hall–Kier alpha value is 0.0700.